The highest BCUT2D eigenvalue weighted by atomic mass is 35.5. The van der Waals surface area contributed by atoms with Gasteiger partial charge in [0.05, 0.1) is 0 Å². The third kappa shape index (κ3) is 4.73. The van der Waals surface area contributed by atoms with Gasteiger partial charge in [-0.15, -0.1) is 0 Å². The molecule has 1 rings (SSSR count). The molecule has 0 amide bonds. The highest BCUT2D eigenvalue weighted by Gasteiger charge is 2.20. The monoisotopic (exact) mass is 264 g/mol. The van der Waals surface area contributed by atoms with Crippen molar-refractivity contribution in [3.8, 4) is 0 Å². The van der Waals surface area contributed by atoms with Crippen LogP contribution < -0.4 is 9.44 Å². The lowest BCUT2D eigenvalue weighted by atomic mass is 10.1. The maximum absolute atomic E-state index is 11.6. The van der Waals surface area contributed by atoms with E-state index >= 15 is 0 Å². The molecule has 1 aromatic heterocycles. The van der Waals surface area contributed by atoms with Crippen LogP contribution in [0, 0.1) is 0 Å². The number of hydrogen-bond acceptors (Lipinski definition) is 4. The van der Waals surface area contributed by atoms with Gasteiger partial charge in [-0.25, -0.2) is 9.97 Å². The summed E-state index contributed by atoms with van der Waals surface area (Å²) in [7, 11) is -3.66. The average molecular weight is 265 g/mol. The van der Waals surface area contributed by atoms with Crippen molar-refractivity contribution in [2.45, 2.75) is 26.3 Å². The van der Waals surface area contributed by atoms with Crippen LogP contribution in [0.3, 0.4) is 0 Å². The van der Waals surface area contributed by atoms with Gasteiger partial charge in [-0.1, -0.05) is 11.6 Å². The lowest BCUT2D eigenvalue weighted by Crippen LogP contribution is -2.43. The third-order valence-electron chi connectivity index (χ3n) is 1.31. The Labute approximate surface area is 99.6 Å². The molecule has 0 bridgehead atoms. The quantitative estimate of drug-likeness (QED) is 0.803. The van der Waals surface area contributed by atoms with Gasteiger partial charge in [0.2, 0.25) is 0 Å². The average Bonchev–Trinajstić information content (AvgIpc) is 1.96. The van der Waals surface area contributed by atoms with Gasteiger partial charge < -0.3 is 0 Å². The largest absolute Gasteiger partial charge is 0.300 e. The van der Waals surface area contributed by atoms with Crippen LogP contribution in [0.25, 0.3) is 0 Å². The first-order chi connectivity index (χ1) is 7.18. The maximum atomic E-state index is 11.6. The Hall–Kier alpha value is -0.920. The van der Waals surface area contributed by atoms with Crippen molar-refractivity contribution in [3.05, 3.63) is 17.5 Å². The van der Waals surface area contributed by atoms with E-state index in [1.807, 2.05) is 0 Å². The van der Waals surface area contributed by atoms with Crippen LogP contribution >= 0.6 is 11.6 Å². The van der Waals surface area contributed by atoms with Crippen LogP contribution in [0.1, 0.15) is 20.8 Å². The molecule has 0 radical (unpaired) electrons. The van der Waals surface area contributed by atoms with Gasteiger partial charge in [-0.05, 0) is 20.8 Å². The molecule has 0 aliphatic carbocycles. The standard InChI is InChI=1S/C8H13ClN4O2S/c1-8(2,3)13-16(14,15)12-7-4-6(9)10-5-11-7/h4-5,13H,1-3H3,(H,10,11,12). The van der Waals surface area contributed by atoms with Crippen LogP contribution in [-0.2, 0) is 10.2 Å². The molecule has 0 aliphatic heterocycles. The minimum Gasteiger partial charge on any atom is -0.254 e. The number of halogens is 1. The lowest BCUT2D eigenvalue weighted by molar-refractivity contribution is 0.494. The van der Waals surface area contributed by atoms with E-state index in [2.05, 4.69) is 19.4 Å². The summed E-state index contributed by atoms with van der Waals surface area (Å²) in [6, 6.07) is 1.32. The molecule has 90 valence electrons. The molecule has 0 atom stereocenters. The number of nitrogens with one attached hydrogen (secondary N) is 2. The molecule has 0 fully saturated rings. The summed E-state index contributed by atoms with van der Waals surface area (Å²) in [5.74, 6) is 0.122. The first-order valence-corrected chi connectivity index (χ1v) is 6.33. The van der Waals surface area contributed by atoms with Crippen LogP contribution in [0.4, 0.5) is 5.82 Å². The van der Waals surface area contributed by atoms with Crippen molar-refractivity contribution in [1.82, 2.24) is 14.7 Å². The van der Waals surface area contributed by atoms with Gasteiger partial charge in [0.25, 0.3) is 0 Å². The second-order valence-corrected chi connectivity index (χ2v) is 5.99. The molecule has 0 spiro atoms. The first kappa shape index (κ1) is 13.1. The summed E-state index contributed by atoms with van der Waals surface area (Å²) in [5.41, 5.74) is -0.567. The van der Waals surface area contributed by atoms with Crippen molar-refractivity contribution < 1.29 is 8.42 Å². The Morgan fingerprint density at radius 1 is 1.31 bits per heavy atom. The molecule has 0 saturated carbocycles. The minimum atomic E-state index is -3.66. The zero-order chi connectivity index (χ0) is 12.4. The van der Waals surface area contributed by atoms with E-state index in [4.69, 9.17) is 11.6 Å². The van der Waals surface area contributed by atoms with E-state index in [-0.39, 0.29) is 11.0 Å². The van der Waals surface area contributed by atoms with Crippen LogP contribution in [-0.4, -0.2) is 23.9 Å². The lowest BCUT2D eigenvalue weighted by Gasteiger charge is -2.20. The van der Waals surface area contributed by atoms with E-state index in [0.29, 0.717) is 0 Å². The first-order valence-electron chi connectivity index (χ1n) is 4.47. The van der Waals surface area contributed by atoms with Crippen LogP contribution in [0.5, 0.6) is 0 Å². The second-order valence-electron chi connectivity index (χ2n) is 4.18. The molecule has 0 saturated heterocycles. The summed E-state index contributed by atoms with van der Waals surface area (Å²) >= 11 is 5.60. The Bertz CT molecular complexity index is 469. The summed E-state index contributed by atoms with van der Waals surface area (Å²) in [5, 5.41) is 0.170. The fourth-order valence-electron chi connectivity index (χ4n) is 0.956. The van der Waals surface area contributed by atoms with Crippen LogP contribution in [0.2, 0.25) is 5.15 Å². The van der Waals surface area contributed by atoms with Crippen molar-refractivity contribution in [2.75, 3.05) is 4.72 Å². The zero-order valence-electron chi connectivity index (χ0n) is 9.15. The predicted molar refractivity (Wildman–Crippen MR) is 62.5 cm³/mol. The van der Waals surface area contributed by atoms with Gasteiger partial charge in [0.15, 0.2) is 0 Å². The number of anilines is 1. The van der Waals surface area contributed by atoms with E-state index in [9.17, 15) is 8.42 Å². The SMILES string of the molecule is CC(C)(C)NS(=O)(=O)Nc1cc(Cl)ncn1. The van der Waals surface area contributed by atoms with Gasteiger partial charge in [0, 0.05) is 11.6 Å². The Morgan fingerprint density at radius 2 is 1.94 bits per heavy atom. The zero-order valence-corrected chi connectivity index (χ0v) is 10.7. The highest BCUT2D eigenvalue weighted by Crippen LogP contribution is 2.10. The van der Waals surface area contributed by atoms with Gasteiger partial charge in [-0.3, -0.25) is 4.72 Å². The second kappa shape index (κ2) is 4.52. The molecular formula is C8H13ClN4O2S. The molecule has 1 aromatic rings. The summed E-state index contributed by atoms with van der Waals surface area (Å²) in [6.45, 7) is 5.21. The van der Waals surface area contributed by atoms with E-state index in [0.717, 1.165) is 0 Å². The normalized spacial score (nSPS) is 12.5. The minimum absolute atomic E-state index is 0.122. The van der Waals surface area contributed by atoms with Crippen molar-refractivity contribution >= 4 is 27.6 Å². The summed E-state index contributed by atoms with van der Waals surface area (Å²) in [4.78, 5) is 7.37. The topological polar surface area (TPSA) is 84.0 Å². The molecule has 0 unspecified atom stereocenters. The van der Waals surface area contributed by atoms with Crippen molar-refractivity contribution in [3.63, 3.8) is 0 Å². The van der Waals surface area contributed by atoms with Gasteiger partial charge in [0.1, 0.15) is 17.3 Å². The third-order valence-corrected chi connectivity index (χ3v) is 2.88. The number of hydrogen-bond donors (Lipinski definition) is 2. The Balaban J connectivity index is 2.81. The van der Waals surface area contributed by atoms with Crippen molar-refractivity contribution in [2.24, 2.45) is 0 Å². The highest BCUT2D eigenvalue weighted by molar-refractivity contribution is 7.90. The molecule has 8 heteroatoms. The van der Waals surface area contributed by atoms with Crippen LogP contribution in [0.15, 0.2) is 12.4 Å². The number of nitrogens with zero attached hydrogens (tertiary/aromatic N) is 2. The van der Waals surface area contributed by atoms with Gasteiger partial charge in [-0.2, -0.15) is 13.1 Å². The molecule has 0 aliphatic rings. The predicted octanol–water partition coefficient (Wildman–Crippen LogP) is 1.17. The summed E-state index contributed by atoms with van der Waals surface area (Å²) < 4.78 is 27.9. The summed E-state index contributed by atoms with van der Waals surface area (Å²) in [6.07, 6.45) is 1.18. The van der Waals surface area contributed by atoms with E-state index < -0.39 is 15.7 Å². The van der Waals surface area contributed by atoms with Crippen molar-refractivity contribution in [1.29, 1.82) is 0 Å². The fourth-order valence-corrected chi connectivity index (χ4v) is 2.35. The molecule has 16 heavy (non-hydrogen) atoms. The number of rotatable bonds is 3. The molecule has 6 nitrogen and oxygen atoms in total. The number of aromatic nitrogens is 2. The van der Waals surface area contributed by atoms with E-state index in [1.54, 1.807) is 20.8 Å². The van der Waals surface area contributed by atoms with E-state index in [1.165, 1.54) is 12.4 Å². The smallest absolute Gasteiger partial charge is 0.254 e. The van der Waals surface area contributed by atoms with Gasteiger partial charge >= 0.3 is 10.2 Å². The molecular weight excluding hydrogens is 252 g/mol. The molecule has 2 N–H and O–H groups in total. The molecule has 0 aromatic carbocycles. The Morgan fingerprint density at radius 3 is 2.44 bits per heavy atom. The Kier molecular flexibility index (Phi) is 3.72. The maximum Gasteiger partial charge on any atom is 0.300 e. The molecule has 1 heterocycles. The fraction of sp³-hybridized carbons (Fsp3) is 0.500.